The summed E-state index contributed by atoms with van der Waals surface area (Å²) in [4.78, 5) is 32.6. The highest BCUT2D eigenvalue weighted by atomic mass is 16.9. The number of ether oxygens (including phenoxy) is 1. The third-order valence-corrected chi connectivity index (χ3v) is 7.33. The predicted octanol–water partition coefficient (Wildman–Crippen LogP) is 3.97. The van der Waals surface area contributed by atoms with Gasteiger partial charge in [-0.05, 0) is 38.2 Å². The number of benzene rings is 1. The van der Waals surface area contributed by atoms with Crippen LogP contribution >= 0.6 is 0 Å². The van der Waals surface area contributed by atoms with Crippen molar-refractivity contribution in [3.8, 4) is 5.75 Å². The van der Waals surface area contributed by atoms with Crippen LogP contribution in [0.15, 0.2) is 24.4 Å². The van der Waals surface area contributed by atoms with Crippen molar-refractivity contribution in [2.24, 2.45) is 5.92 Å². The largest absolute Gasteiger partial charge is 0.495 e. The van der Waals surface area contributed by atoms with Crippen molar-refractivity contribution in [3.63, 3.8) is 0 Å². The summed E-state index contributed by atoms with van der Waals surface area (Å²) in [7, 11) is 1.69. The first-order valence-corrected chi connectivity index (χ1v) is 12.4. The molecular formula is C25H36N4O5. The van der Waals surface area contributed by atoms with Gasteiger partial charge in [-0.1, -0.05) is 31.4 Å². The summed E-state index contributed by atoms with van der Waals surface area (Å²) in [5.41, 5.74) is 1.75. The molecule has 1 atom stereocenters. The number of para-hydroxylation sites is 1. The number of nitrogens with zero attached hydrogens (tertiary/aromatic N) is 4. The number of fused-ring (bicyclic) bond motifs is 1. The molecular weight excluding hydrogens is 436 g/mol. The smallest absolute Gasteiger partial charge is 0.294 e. The van der Waals surface area contributed by atoms with E-state index in [1.165, 1.54) is 32.1 Å². The second-order valence-corrected chi connectivity index (χ2v) is 9.60. The number of piperazine rings is 1. The van der Waals surface area contributed by atoms with Crippen molar-refractivity contribution in [2.45, 2.75) is 58.0 Å². The number of aromatic nitrogens is 1. The van der Waals surface area contributed by atoms with Crippen molar-refractivity contribution in [2.75, 3.05) is 39.9 Å². The molecule has 1 amide bonds. The number of rotatable bonds is 9. The highest BCUT2D eigenvalue weighted by Crippen LogP contribution is 2.33. The molecule has 2 heterocycles. The minimum absolute atomic E-state index is 0.0591. The summed E-state index contributed by atoms with van der Waals surface area (Å²) in [6.07, 6.45) is 9.00. The SMILES string of the molecule is COc1cccc2c(C(=O)N3CCN(CCCO[N+](=O)[O-])C(C)C3)cn(CC3CCCCC3)c12. The lowest BCUT2D eigenvalue weighted by Gasteiger charge is -2.39. The Kier molecular flexibility index (Phi) is 7.92. The third kappa shape index (κ3) is 5.46. The highest BCUT2D eigenvalue weighted by molar-refractivity contribution is 6.08. The van der Waals surface area contributed by atoms with Gasteiger partial charge in [-0.15, -0.1) is 10.1 Å². The number of methoxy groups -OCH3 is 1. The Morgan fingerprint density at radius 2 is 2.00 bits per heavy atom. The molecule has 2 aromatic rings. The maximum atomic E-state index is 13.7. The second-order valence-electron chi connectivity index (χ2n) is 9.60. The zero-order valence-corrected chi connectivity index (χ0v) is 20.3. The van der Waals surface area contributed by atoms with E-state index in [1.807, 2.05) is 29.3 Å². The van der Waals surface area contributed by atoms with Crippen molar-refractivity contribution < 1.29 is 19.5 Å². The molecule has 186 valence electrons. The van der Waals surface area contributed by atoms with Gasteiger partial charge in [0.05, 0.1) is 24.8 Å². The van der Waals surface area contributed by atoms with E-state index < -0.39 is 5.09 Å². The average Bonchev–Trinajstić information content (AvgIpc) is 3.21. The van der Waals surface area contributed by atoms with Crippen LogP contribution in [0.4, 0.5) is 0 Å². The normalized spacial score (nSPS) is 19.9. The Morgan fingerprint density at radius 3 is 2.71 bits per heavy atom. The van der Waals surface area contributed by atoms with Crippen LogP contribution in [0.25, 0.3) is 10.9 Å². The number of carbonyl (C=O) groups is 1. The fourth-order valence-electron chi connectivity index (χ4n) is 5.54. The standard InChI is InChI=1S/C25H36N4O5/c1-19-16-27(14-13-26(19)12-7-15-34-29(31)32)25(30)22-18-28(17-20-8-4-3-5-9-20)24-21(22)10-6-11-23(24)33-2/h6,10-11,18-20H,3-5,7-9,12-17H2,1-2H3. The molecule has 2 fully saturated rings. The highest BCUT2D eigenvalue weighted by Gasteiger charge is 2.29. The molecule has 1 aliphatic heterocycles. The molecule has 1 aromatic carbocycles. The molecule has 0 spiro atoms. The average molecular weight is 473 g/mol. The van der Waals surface area contributed by atoms with Gasteiger partial charge in [0.1, 0.15) is 5.75 Å². The van der Waals surface area contributed by atoms with Gasteiger partial charge in [0, 0.05) is 50.3 Å². The number of carbonyl (C=O) groups excluding carboxylic acids is 1. The molecule has 1 unspecified atom stereocenters. The van der Waals surface area contributed by atoms with Crippen LogP contribution < -0.4 is 4.74 Å². The predicted molar refractivity (Wildman–Crippen MR) is 130 cm³/mol. The minimum atomic E-state index is -0.750. The second kappa shape index (κ2) is 11.1. The van der Waals surface area contributed by atoms with Crippen LogP contribution in [0.3, 0.4) is 0 Å². The number of hydrogen-bond acceptors (Lipinski definition) is 6. The lowest BCUT2D eigenvalue weighted by Crippen LogP contribution is -2.53. The van der Waals surface area contributed by atoms with Gasteiger partial charge in [-0.3, -0.25) is 9.69 Å². The third-order valence-electron chi connectivity index (χ3n) is 7.33. The Hall–Kier alpha value is -2.81. The first-order valence-electron chi connectivity index (χ1n) is 12.4. The summed E-state index contributed by atoms with van der Waals surface area (Å²) in [6, 6.07) is 6.13. The maximum Gasteiger partial charge on any atom is 0.294 e. The van der Waals surface area contributed by atoms with Crippen molar-refractivity contribution in [1.82, 2.24) is 14.4 Å². The quantitative estimate of drug-likeness (QED) is 0.312. The fourth-order valence-corrected chi connectivity index (χ4v) is 5.54. The van der Waals surface area contributed by atoms with E-state index in [2.05, 4.69) is 21.2 Å². The summed E-state index contributed by atoms with van der Waals surface area (Å²) in [6.45, 7) is 5.85. The molecule has 2 aliphatic rings. The van der Waals surface area contributed by atoms with Crippen LogP contribution in [0, 0.1) is 16.0 Å². The number of hydrogen-bond donors (Lipinski definition) is 0. The summed E-state index contributed by atoms with van der Waals surface area (Å²) in [5, 5.41) is 10.5. The number of amides is 1. The fraction of sp³-hybridized carbons (Fsp3) is 0.640. The first kappa shape index (κ1) is 24.3. The molecule has 9 heteroatoms. The molecule has 4 rings (SSSR count). The van der Waals surface area contributed by atoms with Gasteiger partial charge in [-0.25, -0.2) is 0 Å². The summed E-state index contributed by atoms with van der Waals surface area (Å²) in [5.74, 6) is 1.51. The van der Waals surface area contributed by atoms with Gasteiger partial charge in [0.25, 0.3) is 11.0 Å². The lowest BCUT2D eigenvalue weighted by molar-refractivity contribution is -0.757. The van der Waals surface area contributed by atoms with Gasteiger partial charge >= 0.3 is 0 Å². The van der Waals surface area contributed by atoms with E-state index in [0.29, 0.717) is 25.4 Å². The monoisotopic (exact) mass is 472 g/mol. The van der Waals surface area contributed by atoms with Crippen LogP contribution in [-0.2, 0) is 11.4 Å². The van der Waals surface area contributed by atoms with E-state index in [4.69, 9.17) is 4.74 Å². The Bertz CT molecular complexity index is 1000. The molecule has 0 bridgehead atoms. The zero-order valence-electron chi connectivity index (χ0n) is 20.3. The van der Waals surface area contributed by atoms with E-state index in [1.54, 1.807) is 7.11 Å². The molecule has 1 aliphatic carbocycles. The van der Waals surface area contributed by atoms with Crippen molar-refractivity contribution >= 4 is 16.8 Å². The summed E-state index contributed by atoms with van der Waals surface area (Å²) >= 11 is 0. The van der Waals surface area contributed by atoms with E-state index in [0.717, 1.165) is 41.9 Å². The molecule has 1 saturated carbocycles. The van der Waals surface area contributed by atoms with E-state index in [-0.39, 0.29) is 18.6 Å². The lowest BCUT2D eigenvalue weighted by atomic mass is 9.89. The van der Waals surface area contributed by atoms with Crippen LogP contribution in [0.2, 0.25) is 0 Å². The molecule has 9 nitrogen and oxygen atoms in total. The molecule has 0 N–H and O–H groups in total. The first-order chi connectivity index (χ1) is 16.5. The van der Waals surface area contributed by atoms with Gasteiger partial charge in [-0.2, -0.15) is 0 Å². The Labute approximate surface area is 200 Å². The van der Waals surface area contributed by atoms with E-state index in [9.17, 15) is 14.9 Å². The van der Waals surface area contributed by atoms with Gasteiger partial charge < -0.3 is 19.0 Å². The zero-order chi connectivity index (χ0) is 24.1. The topological polar surface area (TPSA) is 90.1 Å². The van der Waals surface area contributed by atoms with Crippen molar-refractivity contribution in [3.05, 3.63) is 40.1 Å². The summed E-state index contributed by atoms with van der Waals surface area (Å²) < 4.78 is 7.93. The Balaban J connectivity index is 1.48. The van der Waals surface area contributed by atoms with Gasteiger partial charge in [0.2, 0.25) is 0 Å². The van der Waals surface area contributed by atoms with Crippen LogP contribution in [0.1, 0.15) is 55.8 Å². The molecule has 34 heavy (non-hydrogen) atoms. The van der Waals surface area contributed by atoms with Crippen LogP contribution in [0.5, 0.6) is 5.75 Å². The van der Waals surface area contributed by atoms with Crippen molar-refractivity contribution in [1.29, 1.82) is 0 Å². The minimum Gasteiger partial charge on any atom is -0.495 e. The van der Waals surface area contributed by atoms with Crippen LogP contribution in [-0.4, -0.2) is 71.3 Å². The molecule has 1 aromatic heterocycles. The molecule has 1 saturated heterocycles. The van der Waals surface area contributed by atoms with E-state index >= 15 is 0 Å². The maximum absolute atomic E-state index is 13.7. The Morgan fingerprint density at radius 1 is 1.21 bits per heavy atom. The molecule has 0 radical (unpaired) electrons. The van der Waals surface area contributed by atoms with Gasteiger partial charge in [0.15, 0.2) is 0 Å².